The maximum Gasteiger partial charge on any atom is 0.310 e. The maximum absolute atomic E-state index is 11.8. The number of carbonyl (C=O) groups is 1. The minimum absolute atomic E-state index is 0.471. The van der Waals surface area contributed by atoms with Crippen LogP contribution in [0.1, 0.15) is 44.3 Å². The highest BCUT2D eigenvalue weighted by atomic mass is 16.4. The lowest BCUT2D eigenvalue weighted by Crippen LogP contribution is -2.33. The Balaban J connectivity index is 1.90. The van der Waals surface area contributed by atoms with Gasteiger partial charge in [0.15, 0.2) is 5.65 Å². The highest BCUT2D eigenvalue weighted by molar-refractivity contribution is 5.75. The number of aliphatic carboxylic acids is 1. The van der Waals surface area contributed by atoms with Crippen molar-refractivity contribution in [2.75, 3.05) is 0 Å². The van der Waals surface area contributed by atoms with E-state index in [1.807, 2.05) is 12.1 Å². The fraction of sp³-hybridized carbons (Fsp3) is 0.533. The van der Waals surface area contributed by atoms with Crippen molar-refractivity contribution < 1.29 is 9.90 Å². The van der Waals surface area contributed by atoms with E-state index in [4.69, 9.17) is 0 Å². The van der Waals surface area contributed by atoms with Crippen molar-refractivity contribution in [1.82, 2.24) is 15.0 Å². The number of carboxylic acid groups (broad SMARTS) is 1. The third kappa shape index (κ3) is 2.40. The predicted octanol–water partition coefficient (Wildman–Crippen LogP) is 2.93. The summed E-state index contributed by atoms with van der Waals surface area (Å²) in [5, 5.41) is 9.69. The van der Waals surface area contributed by atoms with E-state index in [0.29, 0.717) is 12.1 Å². The first-order valence-electron chi connectivity index (χ1n) is 7.23. The van der Waals surface area contributed by atoms with E-state index in [1.54, 1.807) is 6.20 Å². The second-order valence-electron chi connectivity index (χ2n) is 5.73. The molecule has 3 rings (SSSR count). The van der Waals surface area contributed by atoms with Crippen LogP contribution in [0.3, 0.4) is 0 Å². The standard InChI is InChI=1S/C15H19N3O2/c19-14(20)15(7-3-1-2-4-8-15)10-12-17-11-6-5-9-16-13(11)18-12/h5-6,9H,1-4,7-8,10H2,(H,19,20)(H,16,17,18). The Morgan fingerprint density at radius 1 is 1.30 bits per heavy atom. The van der Waals surface area contributed by atoms with Crippen LogP contribution < -0.4 is 0 Å². The molecule has 0 radical (unpaired) electrons. The molecular weight excluding hydrogens is 254 g/mol. The Bertz CT molecular complexity index is 579. The highest BCUT2D eigenvalue weighted by Crippen LogP contribution is 2.38. The largest absolute Gasteiger partial charge is 0.481 e. The zero-order valence-corrected chi connectivity index (χ0v) is 11.4. The third-order valence-corrected chi connectivity index (χ3v) is 4.33. The molecule has 20 heavy (non-hydrogen) atoms. The number of rotatable bonds is 3. The van der Waals surface area contributed by atoms with Gasteiger partial charge in [-0.3, -0.25) is 4.79 Å². The van der Waals surface area contributed by atoms with Crippen LogP contribution in [0.15, 0.2) is 18.3 Å². The summed E-state index contributed by atoms with van der Waals surface area (Å²) in [6.07, 6.45) is 7.91. The van der Waals surface area contributed by atoms with Gasteiger partial charge in [-0.15, -0.1) is 0 Å². The van der Waals surface area contributed by atoms with Crippen molar-refractivity contribution in [3.63, 3.8) is 0 Å². The number of carboxylic acids is 1. The quantitative estimate of drug-likeness (QED) is 0.843. The fourth-order valence-corrected chi connectivity index (χ4v) is 3.17. The molecule has 2 aromatic rings. The summed E-state index contributed by atoms with van der Waals surface area (Å²) in [6.45, 7) is 0. The average molecular weight is 273 g/mol. The molecule has 0 saturated heterocycles. The van der Waals surface area contributed by atoms with Crippen molar-refractivity contribution in [3.05, 3.63) is 24.2 Å². The van der Waals surface area contributed by atoms with Crippen molar-refractivity contribution in [2.45, 2.75) is 44.9 Å². The first-order chi connectivity index (χ1) is 9.70. The number of nitrogens with one attached hydrogen (secondary N) is 1. The minimum atomic E-state index is -0.687. The van der Waals surface area contributed by atoms with E-state index in [1.165, 1.54) is 0 Å². The van der Waals surface area contributed by atoms with E-state index in [0.717, 1.165) is 49.9 Å². The molecule has 0 spiro atoms. The van der Waals surface area contributed by atoms with Crippen LogP contribution in [-0.4, -0.2) is 26.0 Å². The summed E-state index contributed by atoms with van der Waals surface area (Å²) >= 11 is 0. The van der Waals surface area contributed by atoms with Gasteiger partial charge in [0, 0.05) is 12.6 Å². The maximum atomic E-state index is 11.8. The van der Waals surface area contributed by atoms with E-state index in [2.05, 4.69) is 15.0 Å². The van der Waals surface area contributed by atoms with E-state index >= 15 is 0 Å². The molecule has 0 atom stereocenters. The van der Waals surface area contributed by atoms with Crippen LogP contribution in [0.25, 0.3) is 11.2 Å². The van der Waals surface area contributed by atoms with E-state index in [-0.39, 0.29) is 0 Å². The molecule has 0 amide bonds. The Kier molecular flexibility index (Phi) is 3.42. The van der Waals surface area contributed by atoms with Crippen LogP contribution >= 0.6 is 0 Å². The second-order valence-corrected chi connectivity index (χ2v) is 5.73. The highest BCUT2D eigenvalue weighted by Gasteiger charge is 2.39. The summed E-state index contributed by atoms with van der Waals surface area (Å²) in [7, 11) is 0. The monoisotopic (exact) mass is 273 g/mol. The lowest BCUT2D eigenvalue weighted by atomic mass is 9.77. The molecule has 5 nitrogen and oxygen atoms in total. The molecule has 1 aliphatic carbocycles. The molecular formula is C15H19N3O2. The number of pyridine rings is 1. The van der Waals surface area contributed by atoms with Gasteiger partial charge in [0.25, 0.3) is 0 Å². The van der Waals surface area contributed by atoms with Crippen LogP contribution in [0.2, 0.25) is 0 Å². The lowest BCUT2D eigenvalue weighted by molar-refractivity contribution is -0.150. The van der Waals surface area contributed by atoms with Crippen LogP contribution in [0, 0.1) is 5.41 Å². The normalized spacial score (nSPS) is 18.8. The number of hydrogen-bond acceptors (Lipinski definition) is 3. The molecule has 0 bridgehead atoms. The molecule has 2 aromatic heterocycles. The molecule has 0 unspecified atom stereocenters. The number of hydrogen-bond donors (Lipinski definition) is 2. The molecule has 106 valence electrons. The van der Waals surface area contributed by atoms with Crippen molar-refractivity contribution in [1.29, 1.82) is 0 Å². The molecule has 0 aromatic carbocycles. The summed E-state index contributed by atoms with van der Waals surface area (Å²) in [5.41, 5.74) is 0.873. The smallest absolute Gasteiger partial charge is 0.310 e. The number of fused-ring (bicyclic) bond motifs is 1. The van der Waals surface area contributed by atoms with Gasteiger partial charge in [0.2, 0.25) is 0 Å². The Morgan fingerprint density at radius 3 is 2.70 bits per heavy atom. The predicted molar refractivity (Wildman–Crippen MR) is 75.4 cm³/mol. The van der Waals surface area contributed by atoms with E-state index < -0.39 is 11.4 Å². The summed E-state index contributed by atoms with van der Waals surface area (Å²) in [5.74, 6) is 0.0517. The topological polar surface area (TPSA) is 78.9 Å². The van der Waals surface area contributed by atoms with Gasteiger partial charge in [0.05, 0.1) is 10.9 Å². The number of aromatic amines is 1. The van der Waals surface area contributed by atoms with Crippen molar-refractivity contribution in [2.24, 2.45) is 5.41 Å². The lowest BCUT2D eigenvalue weighted by Gasteiger charge is -2.26. The summed E-state index contributed by atoms with van der Waals surface area (Å²) in [6, 6.07) is 3.77. The Hall–Kier alpha value is -1.91. The van der Waals surface area contributed by atoms with Crippen LogP contribution in [0.4, 0.5) is 0 Å². The average Bonchev–Trinajstić information content (AvgIpc) is 2.67. The fourth-order valence-electron chi connectivity index (χ4n) is 3.17. The molecule has 2 N–H and O–H groups in total. The number of nitrogens with zero attached hydrogens (tertiary/aromatic N) is 2. The Morgan fingerprint density at radius 2 is 2.05 bits per heavy atom. The van der Waals surface area contributed by atoms with E-state index in [9.17, 15) is 9.90 Å². The minimum Gasteiger partial charge on any atom is -0.481 e. The number of aromatic nitrogens is 3. The van der Waals surface area contributed by atoms with Gasteiger partial charge in [0.1, 0.15) is 5.82 Å². The molecule has 1 saturated carbocycles. The second kappa shape index (κ2) is 5.23. The van der Waals surface area contributed by atoms with Gasteiger partial charge >= 0.3 is 5.97 Å². The van der Waals surface area contributed by atoms with Crippen LogP contribution in [0.5, 0.6) is 0 Å². The molecule has 0 aliphatic heterocycles. The third-order valence-electron chi connectivity index (χ3n) is 4.33. The summed E-state index contributed by atoms with van der Waals surface area (Å²) in [4.78, 5) is 23.6. The van der Waals surface area contributed by atoms with Crippen molar-refractivity contribution >= 4 is 17.1 Å². The SMILES string of the molecule is O=C(O)C1(Cc2nc3ncccc3[nH]2)CCCCCC1. The van der Waals surface area contributed by atoms with Gasteiger partial charge in [-0.1, -0.05) is 25.7 Å². The zero-order chi connectivity index (χ0) is 14.0. The Labute approximate surface area is 117 Å². The number of imidazole rings is 1. The number of H-pyrrole nitrogens is 1. The van der Waals surface area contributed by atoms with Gasteiger partial charge in [-0.05, 0) is 25.0 Å². The zero-order valence-electron chi connectivity index (χ0n) is 11.4. The summed E-state index contributed by atoms with van der Waals surface area (Å²) < 4.78 is 0. The van der Waals surface area contributed by atoms with Gasteiger partial charge < -0.3 is 10.1 Å². The molecule has 5 heteroatoms. The first-order valence-corrected chi connectivity index (χ1v) is 7.23. The van der Waals surface area contributed by atoms with Crippen LogP contribution in [-0.2, 0) is 11.2 Å². The molecule has 1 aliphatic rings. The van der Waals surface area contributed by atoms with Gasteiger partial charge in [-0.2, -0.15) is 0 Å². The molecule has 2 heterocycles. The van der Waals surface area contributed by atoms with Crippen molar-refractivity contribution in [3.8, 4) is 0 Å². The first kappa shape index (κ1) is 13.1. The molecule has 1 fully saturated rings. The van der Waals surface area contributed by atoms with Gasteiger partial charge in [-0.25, -0.2) is 9.97 Å².